The van der Waals surface area contributed by atoms with E-state index in [4.69, 9.17) is 9.47 Å². The summed E-state index contributed by atoms with van der Waals surface area (Å²) in [5, 5.41) is 11.7. The van der Waals surface area contributed by atoms with Gasteiger partial charge in [-0.25, -0.2) is 0 Å². The number of carbonyl (C=O) groups excluding carboxylic acids is 4. The molecule has 0 amide bonds. The molecule has 0 aliphatic heterocycles. The molecule has 0 aromatic rings. The van der Waals surface area contributed by atoms with Crippen molar-refractivity contribution in [2.45, 2.75) is 97.7 Å². The van der Waals surface area contributed by atoms with Crippen molar-refractivity contribution in [1.29, 1.82) is 0 Å². The molecular weight excluding hydrogens is 448 g/mol. The second kappa shape index (κ2) is 9.13. The van der Waals surface area contributed by atoms with Crippen molar-refractivity contribution in [1.82, 2.24) is 0 Å². The Morgan fingerprint density at radius 3 is 2.57 bits per heavy atom. The molecule has 0 spiro atoms. The maximum Gasteiger partial charge on any atom is 0.306 e. The number of Topliss-reactive ketones (excluding diaryl/α,β-unsaturated/α-hetero) is 1. The predicted molar refractivity (Wildman–Crippen MR) is 128 cm³/mol. The van der Waals surface area contributed by atoms with Gasteiger partial charge in [0, 0.05) is 25.2 Å². The average Bonchev–Trinajstić information content (AvgIpc) is 3.05. The first-order valence-corrected chi connectivity index (χ1v) is 13.2. The Labute approximate surface area is 208 Å². The van der Waals surface area contributed by atoms with Crippen LogP contribution in [0.2, 0.25) is 0 Å². The third kappa shape index (κ3) is 3.98. The average molecular weight is 489 g/mol. The van der Waals surface area contributed by atoms with Crippen LogP contribution < -0.4 is 0 Å². The number of carbonyl (C=O) groups is 4. The number of aliphatic hydroxyl groups is 1. The van der Waals surface area contributed by atoms with E-state index in [0.717, 1.165) is 18.4 Å². The minimum absolute atomic E-state index is 0.0122. The predicted octanol–water partition coefficient (Wildman–Crippen LogP) is 3.95. The Bertz CT molecular complexity index is 953. The fourth-order valence-electron chi connectivity index (χ4n) is 8.52. The van der Waals surface area contributed by atoms with E-state index >= 15 is 0 Å². The van der Waals surface area contributed by atoms with Crippen molar-refractivity contribution in [3.63, 3.8) is 0 Å². The Balaban J connectivity index is 1.74. The largest absolute Gasteiger partial charge is 0.458 e. The van der Waals surface area contributed by atoms with E-state index in [9.17, 15) is 24.3 Å². The number of fused-ring (bicyclic) bond motifs is 5. The molecule has 7 nitrogen and oxygen atoms in total. The zero-order valence-electron chi connectivity index (χ0n) is 21.7. The third-order valence-corrected chi connectivity index (χ3v) is 9.93. The van der Waals surface area contributed by atoms with Gasteiger partial charge in [0.2, 0.25) is 5.78 Å². The summed E-state index contributed by atoms with van der Waals surface area (Å²) in [7, 11) is 0. The van der Waals surface area contributed by atoms with Gasteiger partial charge in [0.25, 0.3) is 0 Å². The summed E-state index contributed by atoms with van der Waals surface area (Å²) < 4.78 is 11.1. The van der Waals surface area contributed by atoms with Gasteiger partial charge in [-0.3, -0.25) is 19.2 Å². The Morgan fingerprint density at radius 2 is 1.91 bits per heavy atom. The minimum atomic E-state index is -1.42. The van der Waals surface area contributed by atoms with E-state index in [0.29, 0.717) is 32.1 Å². The first-order chi connectivity index (χ1) is 16.4. The summed E-state index contributed by atoms with van der Waals surface area (Å²) in [4.78, 5) is 50.1. The molecule has 1 N–H and O–H groups in total. The van der Waals surface area contributed by atoms with Gasteiger partial charge in [-0.2, -0.15) is 0 Å². The molecule has 0 heterocycles. The number of aliphatic hydroxyl groups excluding tert-OH is 1. The van der Waals surface area contributed by atoms with Gasteiger partial charge in [0.1, 0.15) is 0 Å². The van der Waals surface area contributed by atoms with Gasteiger partial charge in [0.15, 0.2) is 18.0 Å². The molecule has 5 unspecified atom stereocenters. The first-order valence-electron chi connectivity index (χ1n) is 13.2. The topological polar surface area (TPSA) is 107 Å². The number of ether oxygens (including phenoxy) is 2. The lowest BCUT2D eigenvalue weighted by Gasteiger charge is -2.62. The quantitative estimate of drug-likeness (QED) is 0.564. The minimum Gasteiger partial charge on any atom is -0.458 e. The van der Waals surface area contributed by atoms with Crippen molar-refractivity contribution in [3.8, 4) is 0 Å². The number of rotatable bonds is 6. The maximum absolute atomic E-state index is 13.6. The molecule has 3 saturated carbocycles. The van der Waals surface area contributed by atoms with E-state index < -0.39 is 41.4 Å². The molecule has 194 valence electrons. The van der Waals surface area contributed by atoms with Crippen LogP contribution in [0.25, 0.3) is 0 Å². The van der Waals surface area contributed by atoms with E-state index in [1.807, 2.05) is 19.9 Å². The summed E-state index contributed by atoms with van der Waals surface area (Å²) >= 11 is 0. The molecular formula is C28H40O7. The van der Waals surface area contributed by atoms with Gasteiger partial charge in [-0.15, -0.1) is 0 Å². The lowest BCUT2D eigenvalue weighted by Crippen LogP contribution is -2.63. The molecule has 0 bridgehead atoms. The lowest BCUT2D eigenvalue weighted by molar-refractivity contribution is -0.204. The summed E-state index contributed by atoms with van der Waals surface area (Å²) in [6.07, 6.45) is 5.37. The number of hydrogen-bond acceptors (Lipinski definition) is 7. The van der Waals surface area contributed by atoms with Crippen LogP contribution >= 0.6 is 0 Å². The second-order valence-electron chi connectivity index (χ2n) is 11.9. The second-order valence-corrected chi connectivity index (χ2v) is 11.9. The number of esters is 2. The molecule has 4 rings (SSSR count). The molecule has 0 radical (unpaired) electrons. The molecule has 4 aliphatic rings. The van der Waals surface area contributed by atoms with Crippen LogP contribution in [-0.2, 0) is 28.7 Å². The van der Waals surface area contributed by atoms with Crippen molar-refractivity contribution in [2.75, 3.05) is 6.61 Å². The smallest absolute Gasteiger partial charge is 0.306 e. The highest BCUT2D eigenvalue weighted by Crippen LogP contribution is 2.69. The van der Waals surface area contributed by atoms with Gasteiger partial charge < -0.3 is 14.6 Å². The molecule has 35 heavy (non-hydrogen) atoms. The Hall–Kier alpha value is -2.02. The van der Waals surface area contributed by atoms with Crippen LogP contribution in [-0.4, -0.2) is 46.9 Å². The Kier molecular flexibility index (Phi) is 6.80. The van der Waals surface area contributed by atoms with Crippen molar-refractivity contribution in [3.05, 3.63) is 11.6 Å². The monoisotopic (exact) mass is 488 g/mol. The maximum atomic E-state index is 13.6. The standard InChI is InChI=1S/C28H40O7/c1-6-7-24(33)35-28(23(32)15-34-17(3)29)11-9-20-19-12-16(2)21-13-18(30)8-10-26(21,4)25(19)22(31)14-27(20,28)5/h13,16,19-20,22,25,31H,6-12,14-15H2,1-5H3/t16?,19?,20?,22?,25?,26-,27-,28-/m0/s1. The Morgan fingerprint density at radius 1 is 1.20 bits per heavy atom. The van der Waals surface area contributed by atoms with Gasteiger partial charge in [-0.1, -0.05) is 33.3 Å². The fourth-order valence-corrected chi connectivity index (χ4v) is 8.52. The molecule has 0 aromatic heterocycles. The molecule has 7 heteroatoms. The SMILES string of the molecule is CCCC(=O)O[C@]1(C(=O)COC(C)=O)CCC2C3CC(C)C4=CC(=O)CC[C@]4(C)C3C(O)C[C@@]21C. The molecule has 4 aliphatic carbocycles. The summed E-state index contributed by atoms with van der Waals surface area (Å²) in [6.45, 7) is 9.03. The zero-order valence-corrected chi connectivity index (χ0v) is 21.7. The van der Waals surface area contributed by atoms with E-state index in [-0.39, 0.29) is 41.3 Å². The number of allylic oxidation sites excluding steroid dienone is 1. The van der Waals surface area contributed by atoms with E-state index in [2.05, 4.69) is 13.8 Å². The normalized spacial score (nSPS) is 42.3. The highest BCUT2D eigenvalue weighted by atomic mass is 16.6. The van der Waals surface area contributed by atoms with Crippen LogP contribution in [0.4, 0.5) is 0 Å². The van der Waals surface area contributed by atoms with E-state index in [1.54, 1.807) is 0 Å². The fraction of sp³-hybridized carbons (Fsp3) is 0.786. The lowest BCUT2D eigenvalue weighted by atomic mass is 9.44. The first kappa shape index (κ1) is 26.1. The summed E-state index contributed by atoms with van der Waals surface area (Å²) in [6, 6.07) is 0. The molecule has 3 fully saturated rings. The van der Waals surface area contributed by atoms with Crippen LogP contribution in [0.1, 0.15) is 86.0 Å². The summed E-state index contributed by atoms with van der Waals surface area (Å²) in [5.74, 6) is -0.814. The van der Waals surface area contributed by atoms with Crippen molar-refractivity contribution in [2.24, 2.45) is 34.5 Å². The van der Waals surface area contributed by atoms with Gasteiger partial charge >= 0.3 is 11.9 Å². The van der Waals surface area contributed by atoms with Gasteiger partial charge in [0.05, 0.1) is 6.10 Å². The van der Waals surface area contributed by atoms with Crippen molar-refractivity contribution < 1.29 is 33.8 Å². The highest BCUT2D eigenvalue weighted by molar-refractivity contribution is 5.93. The van der Waals surface area contributed by atoms with Crippen molar-refractivity contribution >= 4 is 23.5 Å². The summed E-state index contributed by atoms with van der Waals surface area (Å²) in [5.41, 5.74) is -1.30. The molecule has 0 aromatic carbocycles. The van der Waals surface area contributed by atoms with E-state index in [1.165, 1.54) is 6.92 Å². The number of ketones is 2. The number of hydrogen-bond donors (Lipinski definition) is 1. The highest BCUT2D eigenvalue weighted by Gasteiger charge is 2.71. The molecule has 0 saturated heterocycles. The van der Waals surface area contributed by atoms with Crippen LogP contribution in [0.15, 0.2) is 11.6 Å². The van der Waals surface area contributed by atoms with Gasteiger partial charge in [-0.05, 0) is 73.7 Å². The van der Waals surface area contributed by atoms with Crippen LogP contribution in [0.5, 0.6) is 0 Å². The zero-order chi connectivity index (χ0) is 25.8. The third-order valence-electron chi connectivity index (χ3n) is 9.93. The van der Waals surface area contributed by atoms with Crippen LogP contribution in [0, 0.1) is 34.5 Å². The van der Waals surface area contributed by atoms with Crippen LogP contribution in [0.3, 0.4) is 0 Å². The molecule has 8 atom stereocenters.